The van der Waals surface area contributed by atoms with Crippen LogP contribution in [0.1, 0.15) is 25.0 Å². The molecule has 1 aromatic heterocycles. The van der Waals surface area contributed by atoms with Gasteiger partial charge in [-0.25, -0.2) is 4.98 Å². The number of hydrogen-bond donors (Lipinski definition) is 1. The lowest BCUT2D eigenvalue weighted by atomic mass is 10.1. The van der Waals surface area contributed by atoms with E-state index in [1.807, 2.05) is 0 Å². The highest BCUT2D eigenvalue weighted by molar-refractivity contribution is 4.93. The van der Waals surface area contributed by atoms with Crippen LogP contribution in [0.2, 0.25) is 0 Å². The summed E-state index contributed by atoms with van der Waals surface area (Å²) in [6.45, 7) is 5.57. The Morgan fingerprint density at radius 1 is 1.60 bits per heavy atom. The average Bonchev–Trinajstić information content (AvgIpc) is 2.88. The first-order chi connectivity index (χ1) is 7.38. The van der Waals surface area contributed by atoms with Crippen molar-refractivity contribution in [3.63, 3.8) is 0 Å². The van der Waals surface area contributed by atoms with E-state index >= 15 is 0 Å². The summed E-state index contributed by atoms with van der Waals surface area (Å²) in [5.41, 5.74) is 0. The molecule has 1 atom stereocenters. The predicted octanol–water partition coefficient (Wildman–Crippen LogP) is 1.36. The fourth-order valence-corrected chi connectivity index (χ4v) is 1.72. The van der Waals surface area contributed by atoms with Crippen LogP contribution in [-0.2, 0) is 17.7 Å². The van der Waals surface area contributed by atoms with Crippen LogP contribution in [-0.4, -0.2) is 24.7 Å². The van der Waals surface area contributed by atoms with Crippen LogP contribution in [0.3, 0.4) is 0 Å². The Bertz CT molecular complexity index is 293. The summed E-state index contributed by atoms with van der Waals surface area (Å²) in [4.78, 5) is 4.19. The van der Waals surface area contributed by atoms with E-state index in [2.05, 4.69) is 17.2 Å². The molecule has 1 unspecified atom stereocenters. The second kappa shape index (κ2) is 5.28. The fraction of sp³-hybridized carbons (Fsp3) is 0.727. The van der Waals surface area contributed by atoms with Gasteiger partial charge in [0, 0.05) is 19.6 Å². The van der Waals surface area contributed by atoms with E-state index in [9.17, 15) is 0 Å². The zero-order valence-electron chi connectivity index (χ0n) is 9.16. The van der Waals surface area contributed by atoms with Gasteiger partial charge in [0.15, 0.2) is 0 Å². The molecule has 1 aliphatic heterocycles. The number of oxazole rings is 1. The van der Waals surface area contributed by atoms with Crippen LogP contribution >= 0.6 is 0 Å². The third kappa shape index (κ3) is 3.04. The number of aryl methyl sites for hydroxylation is 1. The molecule has 0 bridgehead atoms. The van der Waals surface area contributed by atoms with Gasteiger partial charge in [-0.1, -0.05) is 6.92 Å². The van der Waals surface area contributed by atoms with Crippen molar-refractivity contribution in [3.05, 3.63) is 17.8 Å². The van der Waals surface area contributed by atoms with Gasteiger partial charge in [0.25, 0.3) is 0 Å². The second-order valence-corrected chi connectivity index (χ2v) is 3.93. The fourth-order valence-electron chi connectivity index (χ4n) is 1.72. The molecule has 1 aliphatic rings. The maximum atomic E-state index is 5.49. The Kier molecular flexibility index (Phi) is 3.75. The minimum absolute atomic E-state index is 0.658. The molecular weight excluding hydrogens is 192 g/mol. The molecule has 2 heterocycles. The van der Waals surface area contributed by atoms with E-state index in [1.165, 1.54) is 6.42 Å². The first kappa shape index (κ1) is 10.6. The van der Waals surface area contributed by atoms with Gasteiger partial charge < -0.3 is 14.5 Å². The number of nitrogens with zero attached hydrogens (tertiary/aromatic N) is 1. The smallest absolute Gasteiger partial charge is 0.208 e. The van der Waals surface area contributed by atoms with E-state index < -0.39 is 0 Å². The van der Waals surface area contributed by atoms with Crippen LogP contribution in [0.25, 0.3) is 0 Å². The Labute approximate surface area is 90.0 Å². The molecule has 0 spiro atoms. The van der Waals surface area contributed by atoms with Gasteiger partial charge in [-0.05, 0) is 12.3 Å². The van der Waals surface area contributed by atoms with Gasteiger partial charge in [0.1, 0.15) is 5.76 Å². The highest BCUT2D eigenvalue weighted by Gasteiger charge is 2.14. The maximum Gasteiger partial charge on any atom is 0.208 e. The summed E-state index contributed by atoms with van der Waals surface area (Å²) in [5, 5.41) is 3.34. The van der Waals surface area contributed by atoms with Crippen LogP contribution in [0.4, 0.5) is 0 Å². The maximum absolute atomic E-state index is 5.49. The van der Waals surface area contributed by atoms with Crippen molar-refractivity contribution in [2.75, 3.05) is 19.8 Å². The third-order valence-electron chi connectivity index (χ3n) is 2.68. The first-order valence-electron chi connectivity index (χ1n) is 5.60. The molecule has 0 amide bonds. The number of nitrogens with one attached hydrogen (secondary N) is 1. The number of ether oxygens (including phenoxy) is 1. The molecule has 0 aromatic carbocycles. The van der Waals surface area contributed by atoms with Crippen LogP contribution in [0.5, 0.6) is 0 Å². The highest BCUT2D eigenvalue weighted by atomic mass is 16.5. The molecule has 0 saturated carbocycles. The normalized spacial score (nSPS) is 21.0. The molecular formula is C11H18N2O2. The predicted molar refractivity (Wildman–Crippen MR) is 56.5 cm³/mol. The van der Waals surface area contributed by atoms with Crippen molar-refractivity contribution in [1.82, 2.24) is 10.3 Å². The molecule has 84 valence electrons. The van der Waals surface area contributed by atoms with Crippen LogP contribution < -0.4 is 5.32 Å². The number of aromatic nitrogens is 1. The van der Waals surface area contributed by atoms with E-state index in [-0.39, 0.29) is 0 Å². The Morgan fingerprint density at radius 2 is 2.53 bits per heavy atom. The largest absolute Gasteiger partial charge is 0.444 e. The van der Waals surface area contributed by atoms with Crippen molar-refractivity contribution < 1.29 is 9.15 Å². The molecule has 0 radical (unpaired) electrons. The van der Waals surface area contributed by atoms with Crippen molar-refractivity contribution >= 4 is 0 Å². The standard InChI is InChI=1S/C11H18N2O2/c1-2-10-6-13-11(15-10)7-12-5-9-3-4-14-8-9/h6,9,12H,2-5,7-8H2,1H3. The van der Waals surface area contributed by atoms with E-state index in [0.717, 1.165) is 44.4 Å². The Balaban J connectivity index is 1.68. The second-order valence-electron chi connectivity index (χ2n) is 3.93. The lowest BCUT2D eigenvalue weighted by molar-refractivity contribution is 0.185. The Morgan fingerprint density at radius 3 is 3.20 bits per heavy atom. The molecule has 0 aliphatic carbocycles. The van der Waals surface area contributed by atoms with Crippen molar-refractivity contribution in [2.24, 2.45) is 5.92 Å². The van der Waals surface area contributed by atoms with Crippen LogP contribution in [0.15, 0.2) is 10.6 Å². The van der Waals surface area contributed by atoms with Gasteiger partial charge in [-0.2, -0.15) is 0 Å². The van der Waals surface area contributed by atoms with Gasteiger partial charge in [-0.15, -0.1) is 0 Å². The molecule has 4 nitrogen and oxygen atoms in total. The summed E-state index contributed by atoms with van der Waals surface area (Å²) in [7, 11) is 0. The van der Waals surface area contributed by atoms with E-state index in [0.29, 0.717) is 5.92 Å². The lowest BCUT2D eigenvalue weighted by Gasteiger charge is -2.06. The first-order valence-corrected chi connectivity index (χ1v) is 5.60. The van der Waals surface area contributed by atoms with Crippen LogP contribution in [0, 0.1) is 5.92 Å². The number of rotatable bonds is 5. The molecule has 1 N–H and O–H groups in total. The zero-order chi connectivity index (χ0) is 10.5. The molecule has 1 saturated heterocycles. The molecule has 15 heavy (non-hydrogen) atoms. The minimum Gasteiger partial charge on any atom is -0.444 e. The molecule has 1 fully saturated rings. The summed E-state index contributed by atoms with van der Waals surface area (Å²) in [6.07, 6.45) is 3.87. The zero-order valence-corrected chi connectivity index (χ0v) is 9.16. The Hall–Kier alpha value is -0.870. The van der Waals surface area contributed by atoms with Crippen molar-refractivity contribution in [3.8, 4) is 0 Å². The minimum atomic E-state index is 0.658. The monoisotopic (exact) mass is 210 g/mol. The molecule has 1 aromatic rings. The van der Waals surface area contributed by atoms with Gasteiger partial charge in [0.05, 0.1) is 19.3 Å². The summed E-state index contributed by atoms with van der Waals surface area (Å²) < 4.78 is 10.8. The SMILES string of the molecule is CCc1cnc(CNCC2CCOC2)o1. The van der Waals surface area contributed by atoms with E-state index in [1.54, 1.807) is 6.20 Å². The quantitative estimate of drug-likeness (QED) is 0.797. The summed E-state index contributed by atoms with van der Waals surface area (Å²) >= 11 is 0. The summed E-state index contributed by atoms with van der Waals surface area (Å²) in [6, 6.07) is 0. The van der Waals surface area contributed by atoms with E-state index in [4.69, 9.17) is 9.15 Å². The van der Waals surface area contributed by atoms with Crippen molar-refractivity contribution in [1.29, 1.82) is 0 Å². The summed E-state index contributed by atoms with van der Waals surface area (Å²) in [5.74, 6) is 2.40. The highest BCUT2D eigenvalue weighted by Crippen LogP contribution is 2.11. The molecule has 2 rings (SSSR count). The van der Waals surface area contributed by atoms with Crippen molar-refractivity contribution in [2.45, 2.75) is 26.3 Å². The lowest BCUT2D eigenvalue weighted by Crippen LogP contribution is -2.22. The van der Waals surface area contributed by atoms with Gasteiger partial charge in [-0.3, -0.25) is 0 Å². The number of hydrogen-bond acceptors (Lipinski definition) is 4. The topological polar surface area (TPSA) is 47.3 Å². The molecule has 4 heteroatoms. The van der Waals surface area contributed by atoms with Gasteiger partial charge in [0.2, 0.25) is 5.89 Å². The average molecular weight is 210 g/mol. The third-order valence-corrected chi connectivity index (χ3v) is 2.68. The van der Waals surface area contributed by atoms with Gasteiger partial charge >= 0.3 is 0 Å².